The Hall–Kier alpha value is -2.64. The Labute approximate surface area is 151 Å². The molecule has 2 aromatic rings. The maximum absolute atomic E-state index is 12.4. The number of anilines is 1. The molecule has 8 heteroatoms. The number of hydrogen-bond donors (Lipinski definition) is 1. The van der Waals surface area contributed by atoms with Gasteiger partial charge in [-0.25, -0.2) is 9.78 Å². The van der Waals surface area contributed by atoms with Crippen molar-refractivity contribution >= 4 is 22.7 Å². The molecule has 0 spiro atoms. The first-order chi connectivity index (χ1) is 12.2. The molecular weight excluding hydrogens is 334 g/mol. The van der Waals surface area contributed by atoms with Crippen LogP contribution in [0.2, 0.25) is 0 Å². The molecule has 2 aliphatic heterocycles. The van der Waals surface area contributed by atoms with Crippen molar-refractivity contribution < 1.29 is 14.6 Å². The van der Waals surface area contributed by atoms with Crippen LogP contribution in [0.5, 0.6) is 5.88 Å². The summed E-state index contributed by atoms with van der Waals surface area (Å²) < 4.78 is 5.51. The van der Waals surface area contributed by atoms with E-state index in [-0.39, 0.29) is 24.1 Å². The van der Waals surface area contributed by atoms with Crippen molar-refractivity contribution in [1.29, 1.82) is 0 Å². The van der Waals surface area contributed by atoms with Crippen LogP contribution in [0.15, 0.2) is 12.3 Å². The van der Waals surface area contributed by atoms with Gasteiger partial charge in [0.1, 0.15) is 11.4 Å². The molecule has 2 unspecified atom stereocenters. The molecule has 8 nitrogen and oxygen atoms in total. The number of aromatic nitrogens is 3. The van der Waals surface area contributed by atoms with Crippen molar-refractivity contribution in [3.8, 4) is 5.88 Å². The summed E-state index contributed by atoms with van der Waals surface area (Å²) in [7, 11) is 0. The van der Waals surface area contributed by atoms with Crippen molar-refractivity contribution in [3.05, 3.63) is 18.0 Å². The number of ether oxygens (including phenoxy) is 1. The average Bonchev–Trinajstić information content (AvgIpc) is 3.17. The number of amides is 1. The number of rotatable bonds is 1. The zero-order chi connectivity index (χ0) is 18.6. The molecule has 2 aromatic heterocycles. The van der Waals surface area contributed by atoms with Crippen LogP contribution in [0.1, 0.15) is 32.9 Å². The lowest BCUT2D eigenvalue weighted by atomic mass is 10.2. The number of pyridine rings is 1. The first kappa shape index (κ1) is 16.8. The van der Waals surface area contributed by atoms with Gasteiger partial charge in [0.25, 0.3) is 0 Å². The molecule has 2 saturated heterocycles. The van der Waals surface area contributed by atoms with Crippen LogP contribution in [0.3, 0.4) is 0 Å². The highest BCUT2D eigenvalue weighted by Gasteiger charge is 2.47. The third kappa shape index (κ3) is 2.79. The number of aryl methyl sites for hydroxylation is 1. The van der Waals surface area contributed by atoms with Crippen LogP contribution in [0, 0.1) is 6.92 Å². The maximum atomic E-state index is 12.4. The fourth-order valence-electron chi connectivity index (χ4n) is 3.80. The first-order valence-electron chi connectivity index (χ1n) is 8.81. The number of carbonyl (C=O) groups is 1. The van der Waals surface area contributed by atoms with Crippen LogP contribution in [0.4, 0.5) is 10.6 Å². The lowest BCUT2D eigenvalue weighted by Gasteiger charge is -2.35. The average molecular weight is 357 g/mol. The van der Waals surface area contributed by atoms with Crippen molar-refractivity contribution in [2.75, 3.05) is 18.0 Å². The Bertz CT molecular complexity index is 879. The number of piperazine rings is 1. The molecule has 0 radical (unpaired) electrons. The predicted octanol–water partition coefficient (Wildman–Crippen LogP) is 2.24. The Balaban J connectivity index is 1.55. The van der Waals surface area contributed by atoms with Gasteiger partial charge < -0.3 is 19.6 Å². The topological polar surface area (TPSA) is 91.7 Å². The van der Waals surface area contributed by atoms with Gasteiger partial charge in [0.2, 0.25) is 5.88 Å². The van der Waals surface area contributed by atoms with E-state index in [1.54, 1.807) is 6.20 Å². The number of aromatic hydroxyl groups is 1. The molecule has 4 rings (SSSR count). The maximum Gasteiger partial charge on any atom is 0.410 e. The molecule has 1 N–H and O–H groups in total. The van der Waals surface area contributed by atoms with Gasteiger partial charge in [0.15, 0.2) is 0 Å². The summed E-state index contributed by atoms with van der Waals surface area (Å²) in [6.45, 7) is 8.80. The number of hydrogen-bond acceptors (Lipinski definition) is 7. The molecule has 0 saturated carbocycles. The first-order valence-corrected chi connectivity index (χ1v) is 8.81. The van der Waals surface area contributed by atoms with Gasteiger partial charge in [-0.1, -0.05) is 0 Å². The largest absolute Gasteiger partial charge is 0.492 e. The van der Waals surface area contributed by atoms with E-state index in [9.17, 15) is 9.90 Å². The molecular formula is C18H23N5O3. The quantitative estimate of drug-likeness (QED) is 0.837. The fourth-order valence-corrected chi connectivity index (χ4v) is 3.80. The highest BCUT2D eigenvalue weighted by atomic mass is 16.6. The molecule has 26 heavy (non-hydrogen) atoms. The number of nitrogens with zero attached hydrogens (tertiary/aromatic N) is 5. The smallest absolute Gasteiger partial charge is 0.410 e. The molecule has 2 aliphatic rings. The molecule has 2 bridgehead atoms. The second-order valence-electron chi connectivity index (χ2n) is 8.03. The van der Waals surface area contributed by atoms with Crippen LogP contribution in [0.25, 0.3) is 10.8 Å². The Morgan fingerprint density at radius 3 is 2.65 bits per heavy atom. The van der Waals surface area contributed by atoms with E-state index in [4.69, 9.17) is 4.74 Å². The molecule has 2 atom stereocenters. The lowest BCUT2D eigenvalue weighted by molar-refractivity contribution is 0.0214. The van der Waals surface area contributed by atoms with Gasteiger partial charge in [0.05, 0.1) is 23.2 Å². The highest BCUT2D eigenvalue weighted by molar-refractivity contribution is 5.89. The fraction of sp³-hybridized carbons (Fsp3) is 0.556. The van der Waals surface area contributed by atoms with Crippen LogP contribution < -0.4 is 4.90 Å². The van der Waals surface area contributed by atoms with E-state index >= 15 is 0 Å². The standard InChI is InChI=1S/C18H23N5O3/c1-10-14-7-19-15(6-13(14)16(24)21-20-10)22-8-12-5-11(22)9-23(12)17(25)26-18(2,3)4/h6-7,11-12H,5,8-9H2,1-4H3,(H,21,24). The number of likely N-dealkylation sites (tertiary alicyclic amines) is 1. The van der Waals surface area contributed by atoms with Gasteiger partial charge in [-0.2, -0.15) is 5.10 Å². The normalized spacial score (nSPS) is 22.3. The molecule has 0 aliphatic carbocycles. The summed E-state index contributed by atoms with van der Waals surface area (Å²) in [4.78, 5) is 20.9. The van der Waals surface area contributed by atoms with Crippen molar-refractivity contribution in [2.45, 2.75) is 51.8 Å². The molecule has 4 heterocycles. The number of carbonyl (C=O) groups excluding carboxylic acids is 1. The minimum Gasteiger partial charge on any atom is -0.492 e. The molecule has 1 amide bonds. The summed E-state index contributed by atoms with van der Waals surface area (Å²) in [6, 6.07) is 2.18. The van der Waals surface area contributed by atoms with Gasteiger partial charge in [-0.15, -0.1) is 5.10 Å². The second kappa shape index (κ2) is 5.69. The van der Waals surface area contributed by atoms with E-state index in [2.05, 4.69) is 20.1 Å². The van der Waals surface area contributed by atoms with Gasteiger partial charge in [-0.3, -0.25) is 0 Å². The summed E-state index contributed by atoms with van der Waals surface area (Å²) >= 11 is 0. The zero-order valence-electron chi connectivity index (χ0n) is 15.4. The van der Waals surface area contributed by atoms with E-state index in [1.165, 1.54) is 0 Å². The zero-order valence-corrected chi connectivity index (χ0v) is 15.4. The molecule has 138 valence electrons. The van der Waals surface area contributed by atoms with Crippen LogP contribution in [-0.2, 0) is 4.74 Å². The third-order valence-electron chi connectivity index (χ3n) is 4.98. The Morgan fingerprint density at radius 2 is 2.00 bits per heavy atom. The Morgan fingerprint density at radius 1 is 1.23 bits per heavy atom. The second-order valence-corrected chi connectivity index (χ2v) is 8.03. The van der Waals surface area contributed by atoms with Crippen molar-refractivity contribution in [3.63, 3.8) is 0 Å². The highest BCUT2D eigenvalue weighted by Crippen LogP contribution is 2.36. The van der Waals surface area contributed by atoms with Crippen LogP contribution >= 0.6 is 0 Å². The Kier molecular flexibility index (Phi) is 3.68. The van der Waals surface area contributed by atoms with Crippen LogP contribution in [-0.4, -0.2) is 62.1 Å². The minimum absolute atomic E-state index is 0.0889. The SMILES string of the molecule is Cc1nnc(O)c2cc(N3CC4CC3CN4C(=O)OC(C)(C)C)ncc12. The summed E-state index contributed by atoms with van der Waals surface area (Å²) in [5.41, 5.74) is 0.241. The minimum atomic E-state index is -0.491. The van der Waals surface area contributed by atoms with Gasteiger partial charge in [0, 0.05) is 24.7 Å². The van der Waals surface area contributed by atoms with Gasteiger partial charge in [-0.05, 0) is 40.2 Å². The summed E-state index contributed by atoms with van der Waals surface area (Å²) in [6.07, 6.45) is 2.38. The predicted molar refractivity (Wildman–Crippen MR) is 96.2 cm³/mol. The monoisotopic (exact) mass is 357 g/mol. The lowest BCUT2D eigenvalue weighted by Crippen LogP contribution is -2.50. The summed E-state index contributed by atoms with van der Waals surface area (Å²) in [5.74, 6) is 0.700. The van der Waals surface area contributed by atoms with Crippen molar-refractivity contribution in [2.24, 2.45) is 0 Å². The third-order valence-corrected chi connectivity index (χ3v) is 4.98. The number of fused-ring (bicyclic) bond motifs is 3. The molecule has 2 fully saturated rings. The van der Waals surface area contributed by atoms with E-state index in [1.807, 2.05) is 38.7 Å². The van der Waals surface area contributed by atoms with E-state index in [0.717, 1.165) is 23.3 Å². The van der Waals surface area contributed by atoms with Gasteiger partial charge >= 0.3 is 6.09 Å². The van der Waals surface area contributed by atoms with E-state index < -0.39 is 5.60 Å². The summed E-state index contributed by atoms with van der Waals surface area (Å²) in [5, 5.41) is 19.2. The molecule has 0 aromatic carbocycles. The van der Waals surface area contributed by atoms with Crippen molar-refractivity contribution in [1.82, 2.24) is 20.1 Å². The van der Waals surface area contributed by atoms with E-state index in [0.29, 0.717) is 18.5 Å².